The maximum absolute atomic E-state index is 5.94. The largest absolute Gasteiger partial charge is 0.362 e. The molecule has 0 spiro atoms. The Bertz CT molecular complexity index is 548. The molecule has 0 saturated heterocycles. The lowest BCUT2D eigenvalue weighted by atomic mass is 10.1. The summed E-state index contributed by atoms with van der Waals surface area (Å²) in [5.41, 5.74) is 0.746. The number of hydrogen-bond acceptors (Lipinski definition) is 3. The summed E-state index contributed by atoms with van der Waals surface area (Å²) in [5, 5.41) is 10.1. The molecule has 3 nitrogen and oxygen atoms in total. The zero-order valence-corrected chi connectivity index (χ0v) is 9.24. The summed E-state index contributed by atoms with van der Waals surface area (Å²) in [6.45, 7) is 0.605. The zero-order valence-electron chi connectivity index (χ0n) is 8.48. The molecular weight excluding hydrogens is 224 g/mol. The Labute approximate surface area is 98.4 Å². The summed E-state index contributed by atoms with van der Waals surface area (Å²) in [4.78, 5) is 0. The Balaban J connectivity index is 2.39. The lowest BCUT2D eigenvalue weighted by Crippen LogP contribution is -1.99. The molecule has 0 unspecified atom stereocenters. The van der Waals surface area contributed by atoms with E-state index in [1.54, 1.807) is 0 Å². The van der Waals surface area contributed by atoms with Gasteiger partial charge >= 0.3 is 0 Å². The Morgan fingerprint density at radius 2 is 2.00 bits per heavy atom. The van der Waals surface area contributed by atoms with Crippen molar-refractivity contribution in [1.29, 1.82) is 0 Å². The van der Waals surface area contributed by atoms with Gasteiger partial charge in [0.25, 0.3) is 0 Å². The third-order valence-electron chi connectivity index (χ3n) is 2.14. The van der Waals surface area contributed by atoms with E-state index in [1.165, 1.54) is 0 Å². The van der Waals surface area contributed by atoms with Gasteiger partial charge in [0.05, 0.1) is 12.3 Å². The molecule has 0 fully saturated rings. The van der Waals surface area contributed by atoms with Crippen LogP contribution in [0.15, 0.2) is 24.3 Å². The van der Waals surface area contributed by atoms with Gasteiger partial charge in [-0.2, -0.15) is 5.10 Å². The van der Waals surface area contributed by atoms with Gasteiger partial charge in [0.1, 0.15) is 6.61 Å². The SMILES string of the molecule is C#CCOCc1nnc(Cl)c2ccccc12. The number of benzene rings is 1. The number of hydrogen-bond donors (Lipinski definition) is 0. The summed E-state index contributed by atoms with van der Waals surface area (Å²) in [5.74, 6) is 2.40. The van der Waals surface area contributed by atoms with Gasteiger partial charge in [0.2, 0.25) is 0 Å². The standard InChI is InChI=1S/C12H9ClN2O/c1-2-7-16-8-11-9-5-3-4-6-10(9)12(13)15-14-11/h1,3-6H,7-8H2. The van der Waals surface area contributed by atoms with Crippen LogP contribution in [0.4, 0.5) is 0 Å². The quantitative estimate of drug-likeness (QED) is 0.602. The first-order valence-corrected chi connectivity index (χ1v) is 5.11. The first kappa shape index (κ1) is 10.9. The number of fused-ring (bicyclic) bond motifs is 1. The van der Waals surface area contributed by atoms with Crippen LogP contribution >= 0.6 is 11.6 Å². The molecule has 80 valence electrons. The van der Waals surface area contributed by atoms with E-state index in [2.05, 4.69) is 16.1 Å². The third kappa shape index (κ3) is 2.13. The predicted molar refractivity (Wildman–Crippen MR) is 63.0 cm³/mol. The molecular formula is C12H9ClN2O. The van der Waals surface area contributed by atoms with Crippen LogP contribution in [0.1, 0.15) is 5.69 Å². The molecule has 0 aliphatic heterocycles. The minimum absolute atomic E-state index is 0.263. The molecule has 0 aliphatic carbocycles. The molecule has 2 aromatic rings. The normalized spacial score (nSPS) is 10.2. The minimum atomic E-state index is 0.263. The topological polar surface area (TPSA) is 35.0 Å². The monoisotopic (exact) mass is 232 g/mol. The van der Waals surface area contributed by atoms with Gasteiger partial charge in [-0.3, -0.25) is 0 Å². The van der Waals surface area contributed by atoms with E-state index >= 15 is 0 Å². The van der Waals surface area contributed by atoms with Crippen molar-refractivity contribution in [2.45, 2.75) is 6.61 Å². The van der Waals surface area contributed by atoms with Crippen LogP contribution in [-0.2, 0) is 11.3 Å². The molecule has 0 radical (unpaired) electrons. The van der Waals surface area contributed by atoms with Crippen LogP contribution in [0.2, 0.25) is 5.15 Å². The van der Waals surface area contributed by atoms with Crippen molar-refractivity contribution in [3.05, 3.63) is 35.1 Å². The van der Waals surface area contributed by atoms with Gasteiger partial charge in [-0.1, -0.05) is 41.8 Å². The van der Waals surface area contributed by atoms with Crippen molar-refractivity contribution in [1.82, 2.24) is 10.2 Å². The fraction of sp³-hybridized carbons (Fsp3) is 0.167. The van der Waals surface area contributed by atoms with E-state index in [1.807, 2.05) is 24.3 Å². The lowest BCUT2D eigenvalue weighted by Gasteiger charge is -2.05. The summed E-state index contributed by atoms with van der Waals surface area (Å²) in [6.07, 6.45) is 5.10. The maximum atomic E-state index is 5.94. The maximum Gasteiger partial charge on any atom is 0.159 e. The Morgan fingerprint density at radius 3 is 2.75 bits per heavy atom. The summed E-state index contributed by atoms with van der Waals surface area (Å²) >= 11 is 5.94. The van der Waals surface area contributed by atoms with Crippen molar-refractivity contribution >= 4 is 22.4 Å². The second-order valence-electron chi connectivity index (χ2n) is 3.18. The van der Waals surface area contributed by atoms with Crippen molar-refractivity contribution in [3.63, 3.8) is 0 Å². The second-order valence-corrected chi connectivity index (χ2v) is 3.54. The highest BCUT2D eigenvalue weighted by molar-refractivity contribution is 6.34. The molecule has 0 aliphatic rings. The fourth-order valence-electron chi connectivity index (χ4n) is 1.44. The van der Waals surface area contributed by atoms with Crippen LogP contribution < -0.4 is 0 Å². The fourth-order valence-corrected chi connectivity index (χ4v) is 1.64. The van der Waals surface area contributed by atoms with E-state index in [0.717, 1.165) is 16.5 Å². The van der Waals surface area contributed by atoms with Gasteiger partial charge in [-0.15, -0.1) is 11.5 Å². The molecule has 1 aromatic carbocycles. The number of aromatic nitrogens is 2. The Hall–Kier alpha value is -1.63. The van der Waals surface area contributed by atoms with Gasteiger partial charge in [-0.05, 0) is 0 Å². The molecule has 1 aromatic heterocycles. The van der Waals surface area contributed by atoms with Crippen molar-refractivity contribution in [2.75, 3.05) is 6.61 Å². The molecule has 16 heavy (non-hydrogen) atoms. The van der Waals surface area contributed by atoms with Crippen LogP contribution in [0.25, 0.3) is 10.8 Å². The van der Waals surface area contributed by atoms with Crippen molar-refractivity contribution < 1.29 is 4.74 Å². The molecule has 2 rings (SSSR count). The number of terminal acetylenes is 1. The van der Waals surface area contributed by atoms with Gasteiger partial charge < -0.3 is 4.74 Å². The molecule has 1 heterocycles. The van der Waals surface area contributed by atoms with Gasteiger partial charge in [0, 0.05) is 10.8 Å². The number of nitrogens with zero attached hydrogens (tertiary/aromatic N) is 2. The van der Waals surface area contributed by atoms with E-state index in [4.69, 9.17) is 22.8 Å². The zero-order chi connectivity index (χ0) is 11.4. The van der Waals surface area contributed by atoms with E-state index in [0.29, 0.717) is 11.8 Å². The van der Waals surface area contributed by atoms with Crippen LogP contribution in [0, 0.1) is 12.3 Å². The minimum Gasteiger partial charge on any atom is -0.362 e. The second kappa shape index (κ2) is 4.93. The van der Waals surface area contributed by atoms with Crippen LogP contribution in [0.5, 0.6) is 0 Å². The predicted octanol–water partition coefficient (Wildman–Crippen LogP) is 2.43. The highest BCUT2D eigenvalue weighted by Crippen LogP contribution is 2.22. The molecule has 0 atom stereocenters. The van der Waals surface area contributed by atoms with Gasteiger partial charge in [0.15, 0.2) is 5.15 Å². The lowest BCUT2D eigenvalue weighted by molar-refractivity contribution is 0.151. The number of ether oxygens (including phenoxy) is 1. The summed E-state index contributed by atoms with van der Waals surface area (Å²) in [7, 11) is 0. The first-order chi connectivity index (χ1) is 7.83. The van der Waals surface area contributed by atoms with Crippen molar-refractivity contribution in [3.8, 4) is 12.3 Å². The Kier molecular flexibility index (Phi) is 3.35. The molecule has 0 saturated carbocycles. The molecule has 0 amide bonds. The summed E-state index contributed by atoms with van der Waals surface area (Å²) in [6, 6.07) is 7.66. The number of halogens is 1. The molecule has 0 bridgehead atoms. The van der Waals surface area contributed by atoms with Gasteiger partial charge in [-0.25, -0.2) is 0 Å². The smallest absolute Gasteiger partial charge is 0.159 e. The average Bonchev–Trinajstić information content (AvgIpc) is 2.33. The first-order valence-electron chi connectivity index (χ1n) is 4.74. The van der Waals surface area contributed by atoms with E-state index in [9.17, 15) is 0 Å². The third-order valence-corrected chi connectivity index (χ3v) is 2.42. The Morgan fingerprint density at radius 1 is 1.25 bits per heavy atom. The molecule has 4 heteroatoms. The summed E-state index contributed by atoms with van der Waals surface area (Å²) < 4.78 is 5.24. The molecule has 0 N–H and O–H groups in total. The van der Waals surface area contributed by atoms with Crippen molar-refractivity contribution in [2.24, 2.45) is 0 Å². The van der Waals surface area contributed by atoms with Crippen LogP contribution in [-0.4, -0.2) is 16.8 Å². The van der Waals surface area contributed by atoms with Crippen LogP contribution in [0.3, 0.4) is 0 Å². The number of rotatable bonds is 3. The highest BCUT2D eigenvalue weighted by Gasteiger charge is 2.06. The average molecular weight is 233 g/mol. The van der Waals surface area contributed by atoms with E-state index < -0.39 is 0 Å². The van der Waals surface area contributed by atoms with E-state index in [-0.39, 0.29) is 6.61 Å². The highest BCUT2D eigenvalue weighted by atomic mass is 35.5.